The zero-order chi connectivity index (χ0) is 10.6. The Kier molecular flexibility index (Phi) is 9.79. The number of hydrogen-bond acceptors (Lipinski definition) is 4. The monoisotopic (exact) mass is 216 g/mol. The van der Waals surface area contributed by atoms with Crippen LogP contribution in [-0.2, 0) is 9.53 Å². The number of allylic oxidation sites excluding steroid dienone is 3. The lowest BCUT2D eigenvalue weighted by atomic mass is 10.4. The number of aliphatic hydroxyl groups excluding tert-OH is 1. The van der Waals surface area contributed by atoms with Gasteiger partial charge in [-0.15, -0.1) is 0 Å². The maximum absolute atomic E-state index is 10.9. The van der Waals surface area contributed by atoms with Gasteiger partial charge in [-0.2, -0.15) is 11.8 Å². The van der Waals surface area contributed by atoms with E-state index in [-0.39, 0.29) is 12.6 Å². The molecule has 1 N–H and O–H groups in total. The average molecular weight is 216 g/mol. The summed E-state index contributed by atoms with van der Waals surface area (Å²) >= 11 is 1.56. The quantitative estimate of drug-likeness (QED) is 0.302. The average Bonchev–Trinajstić information content (AvgIpc) is 2.18. The van der Waals surface area contributed by atoms with Gasteiger partial charge in [-0.25, -0.2) is 4.79 Å². The highest BCUT2D eigenvalue weighted by Gasteiger charge is 1.95. The Balaban J connectivity index is 3.35. The summed E-state index contributed by atoms with van der Waals surface area (Å²) in [4.78, 5) is 10.9. The van der Waals surface area contributed by atoms with Crippen molar-refractivity contribution in [2.24, 2.45) is 0 Å². The minimum Gasteiger partial charge on any atom is -0.462 e. The van der Waals surface area contributed by atoms with Gasteiger partial charge in [-0.3, -0.25) is 0 Å². The summed E-state index contributed by atoms with van der Waals surface area (Å²) in [5.41, 5.74) is 0. The third kappa shape index (κ3) is 9.35. The number of rotatable bonds is 7. The van der Waals surface area contributed by atoms with E-state index in [1.165, 1.54) is 6.08 Å². The first-order valence-electron chi connectivity index (χ1n) is 4.46. The van der Waals surface area contributed by atoms with Crippen molar-refractivity contribution in [3.8, 4) is 0 Å². The predicted molar refractivity (Wildman–Crippen MR) is 59.3 cm³/mol. The molecule has 80 valence electrons. The molecule has 0 aliphatic carbocycles. The second-order valence-electron chi connectivity index (χ2n) is 2.39. The molecular weight excluding hydrogens is 200 g/mol. The molecule has 0 aliphatic rings. The van der Waals surface area contributed by atoms with Gasteiger partial charge in [0.1, 0.15) is 6.61 Å². The van der Waals surface area contributed by atoms with Crippen LogP contribution in [0.5, 0.6) is 0 Å². The van der Waals surface area contributed by atoms with E-state index < -0.39 is 0 Å². The van der Waals surface area contributed by atoms with E-state index in [2.05, 4.69) is 0 Å². The maximum atomic E-state index is 10.9. The van der Waals surface area contributed by atoms with Crippen LogP contribution in [0, 0.1) is 0 Å². The van der Waals surface area contributed by atoms with Crippen molar-refractivity contribution in [2.75, 3.05) is 24.7 Å². The van der Waals surface area contributed by atoms with Gasteiger partial charge in [0.2, 0.25) is 0 Å². The third-order valence-corrected chi connectivity index (χ3v) is 2.17. The third-order valence-electron chi connectivity index (χ3n) is 1.24. The zero-order valence-corrected chi connectivity index (χ0v) is 9.13. The van der Waals surface area contributed by atoms with E-state index in [1.54, 1.807) is 23.9 Å². The van der Waals surface area contributed by atoms with Crippen LogP contribution in [0.1, 0.15) is 6.92 Å². The molecular formula is C10H16O3S. The summed E-state index contributed by atoms with van der Waals surface area (Å²) in [6, 6.07) is 0. The van der Waals surface area contributed by atoms with Crippen LogP contribution in [0.4, 0.5) is 0 Å². The first-order valence-corrected chi connectivity index (χ1v) is 5.61. The number of carbonyl (C=O) groups is 1. The van der Waals surface area contributed by atoms with Gasteiger partial charge in [0.15, 0.2) is 0 Å². The lowest BCUT2D eigenvalue weighted by Gasteiger charge is -2.00. The minimum atomic E-state index is -0.326. The zero-order valence-electron chi connectivity index (χ0n) is 8.31. The molecule has 0 aromatic rings. The van der Waals surface area contributed by atoms with Gasteiger partial charge in [-0.1, -0.05) is 18.2 Å². The van der Waals surface area contributed by atoms with Gasteiger partial charge in [0.25, 0.3) is 0 Å². The summed E-state index contributed by atoms with van der Waals surface area (Å²) < 4.78 is 4.87. The molecule has 0 radical (unpaired) electrons. The molecule has 0 heterocycles. The van der Waals surface area contributed by atoms with Gasteiger partial charge >= 0.3 is 5.97 Å². The molecule has 0 aromatic carbocycles. The molecule has 14 heavy (non-hydrogen) atoms. The number of esters is 1. The van der Waals surface area contributed by atoms with E-state index in [1.807, 2.05) is 13.0 Å². The van der Waals surface area contributed by atoms with Gasteiger partial charge in [-0.05, 0) is 6.92 Å². The summed E-state index contributed by atoms with van der Waals surface area (Å²) in [7, 11) is 0. The van der Waals surface area contributed by atoms with Gasteiger partial charge in [0.05, 0.1) is 6.61 Å². The highest BCUT2D eigenvalue weighted by Crippen LogP contribution is 1.97. The molecule has 3 nitrogen and oxygen atoms in total. The summed E-state index contributed by atoms with van der Waals surface area (Å²) in [5, 5.41) is 8.47. The molecule has 0 aliphatic heterocycles. The lowest BCUT2D eigenvalue weighted by molar-refractivity contribution is -0.137. The molecule has 0 aromatic heterocycles. The van der Waals surface area contributed by atoms with E-state index in [4.69, 9.17) is 9.84 Å². The standard InChI is InChI=1S/C10H16O3S/c1-2-3-4-5-10(12)13-7-9-14-8-6-11/h2-5,11H,6-9H2,1H3. The fourth-order valence-corrected chi connectivity index (χ4v) is 1.20. The summed E-state index contributed by atoms with van der Waals surface area (Å²) in [5.74, 6) is 1.09. The Bertz CT molecular complexity index is 200. The van der Waals surface area contributed by atoms with Crippen molar-refractivity contribution >= 4 is 17.7 Å². The van der Waals surface area contributed by atoms with Crippen LogP contribution in [0.2, 0.25) is 0 Å². The van der Waals surface area contributed by atoms with Crippen molar-refractivity contribution in [1.82, 2.24) is 0 Å². The Morgan fingerprint density at radius 2 is 2.21 bits per heavy atom. The number of ether oxygens (including phenoxy) is 1. The number of thioether (sulfide) groups is 1. The predicted octanol–water partition coefficient (Wildman–Crippen LogP) is 1.39. The number of aliphatic hydroxyl groups is 1. The summed E-state index contributed by atoms with van der Waals surface area (Å²) in [6.07, 6.45) is 6.63. The Labute approximate surface area is 88.8 Å². The normalized spacial score (nSPS) is 11.3. The van der Waals surface area contributed by atoms with Crippen LogP contribution in [-0.4, -0.2) is 35.8 Å². The van der Waals surface area contributed by atoms with Crippen molar-refractivity contribution in [2.45, 2.75) is 6.92 Å². The Morgan fingerprint density at radius 1 is 1.43 bits per heavy atom. The highest BCUT2D eigenvalue weighted by atomic mass is 32.2. The lowest BCUT2D eigenvalue weighted by Crippen LogP contribution is -2.04. The van der Waals surface area contributed by atoms with Crippen LogP contribution in [0.3, 0.4) is 0 Å². The van der Waals surface area contributed by atoms with Crippen molar-refractivity contribution in [1.29, 1.82) is 0 Å². The van der Waals surface area contributed by atoms with Crippen LogP contribution < -0.4 is 0 Å². The van der Waals surface area contributed by atoms with E-state index in [9.17, 15) is 4.79 Å². The molecule has 4 heteroatoms. The van der Waals surface area contributed by atoms with Crippen LogP contribution in [0.15, 0.2) is 24.3 Å². The maximum Gasteiger partial charge on any atom is 0.330 e. The fourth-order valence-electron chi connectivity index (χ4n) is 0.661. The largest absolute Gasteiger partial charge is 0.462 e. The van der Waals surface area contributed by atoms with Crippen molar-refractivity contribution in [3.63, 3.8) is 0 Å². The fraction of sp³-hybridized carbons (Fsp3) is 0.500. The minimum absolute atomic E-state index is 0.166. The van der Waals surface area contributed by atoms with E-state index in [0.717, 1.165) is 5.75 Å². The Morgan fingerprint density at radius 3 is 2.86 bits per heavy atom. The van der Waals surface area contributed by atoms with Gasteiger partial charge in [0, 0.05) is 17.6 Å². The van der Waals surface area contributed by atoms with Crippen molar-refractivity contribution in [3.05, 3.63) is 24.3 Å². The molecule has 0 amide bonds. The first-order chi connectivity index (χ1) is 6.81. The Hall–Kier alpha value is -0.740. The molecule has 0 bridgehead atoms. The molecule has 0 saturated heterocycles. The smallest absolute Gasteiger partial charge is 0.330 e. The molecule has 0 unspecified atom stereocenters. The van der Waals surface area contributed by atoms with Crippen LogP contribution >= 0.6 is 11.8 Å². The topological polar surface area (TPSA) is 46.5 Å². The molecule has 0 spiro atoms. The molecule has 0 saturated carbocycles. The van der Waals surface area contributed by atoms with E-state index in [0.29, 0.717) is 12.4 Å². The second kappa shape index (κ2) is 10.3. The van der Waals surface area contributed by atoms with Gasteiger partial charge < -0.3 is 9.84 Å². The highest BCUT2D eigenvalue weighted by molar-refractivity contribution is 7.99. The van der Waals surface area contributed by atoms with Crippen molar-refractivity contribution < 1.29 is 14.6 Å². The van der Waals surface area contributed by atoms with E-state index >= 15 is 0 Å². The summed E-state index contributed by atoms with van der Waals surface area (Å²) in [6.45, 7) is 2.44. The molecule has 0 rings (SSSR count). The molecule has 0 atom stereocenters. The van der Waals surface area contributed by atoms with Crippen LogP contribution in [0.25, 0.3) is 0 Å². The first kappa shape index (κ1) is 13.3. The number of carbonyl (C=O) groups excluding carboxylic acids is 1. The second-order valence-corrected chi connectivity index (χ2v) is 3.61. The molecule has 0 fully saturated rings. The SMILES string of the molecule is CC=CC=CC(=O)OCCSCCO. The number of hydrogen-bond donors (Lipinski definition) is 1.